The molecule has 8 heteroatoms. The Morgan fingerprint density at radius 3 is 1.90 bits per heavy atom. The lowest BCUT2D eigenvalue weighted by Crippen LogP contribution is -1.91. The first-order valence-electron chi connectivity index (χ1n) is 2.00. The zero-order valence-electron chi connectivity index (χ0n) is 4.63. The van der Waals surface area contributed by atoms with Crippen molar-refractivity contribution >= 4 is 51.5 Å². The van der Waals surface area contributed by atoms with Gasteiger partial charge in [0, 0.05) is 0 Å². The molecule has 0 aliphatic heterocycles. The first-order chi connectivity index (χ1) is 4.68. The van der Waals surface area contributed by atoms with Crippen molar-refractivity contribution in [3.63, 3.8) is 0 Å². The molecule has 0 aliphatic carbocycles. The van der Waals surface area contributed by atoms with Gasteiger partial charge in [0.2, 0.25) is 0 Å². The molecule has 0 aromatic heterocycles. The molecule has 0 amide bonds. The van der Waals surface area contributed by atoms with Gasteiger partial charge < -0.3 is 0 Å². The van der Waals surface area contributed by atoms with E-state index >= 15 is 0 Å². The number of alkyl halides is 2. The molecule has 0 atom stereocenters. The molecule has 4 nitrogen and oxygen atoms in total. The highest BCUT2D eigenvalue weighted by Gasteiger charge is 2.25. The maximum atomic E-state index is 10.9. The molecule has 10 heavy (non-hydrogen) atoms. The van der Waals surface area contributed by atoms with Crippen molar-refractivity contribution in [2.45, 2.75) is 0 Å². The van der Waals surface area contributed by atoms with Crippen LogP contribution in [-0.4, -0.2) is 11.0 Å². The molecule has 0 unspecified atom stereocenters. The van der Waals surface area contributed by atoms with E-state index in [-0.39, 0.29) is 11.0 Å². The minimum Gasteiger partial charge on any atom is -0.274 e. The summed E-state index contributed by atoms with van der Waals surface area (Å²) in [5.74, 6) is 0. The molecule has 0 bridgehead atoms. The van der Waals surface area contributed by atoms with Crippen molar-refractivity contribution in [1.29, 1.82) is 0 Å². The van der Waals surface area contributed by atoms with Crippen molar-refractivity contribution in [3.05, 3.63) is 0 Å². The van der Waals surface area contributed by atoms with Crippen LogP contribution in [0.3, 0.4) is 0 Å². The molecule has 0 aromatic rings. The van der Waals surface area contributed by atoms with E-state index in [1.165, 1.54) is 0 Å². The van der Waals surface area contributed by atoms with Crippen LogP contribution in [0.1, 0.15) is 0 Å². The van der Waals surface area contributed by atoms with Gasteiger partial charge in [0.25, 0.3) is 0 Å². The van der Waals surface area contributed by atoms with E-state index in [1.807, 2.05) is 0 Å². The molecule has 62 valence electrons. The fourth-order valence-electron chi connectivity index (χ4n) is 0.197. The molecule has 0 heterocycles. The summed E-state index contributed by atoms with van der Waals surface area (Å²) in [6.45, 7) is 0. The van der Waals surface area contributed by atoms with Gasteiger partial charge in [-0.1, -0.05) is 31.9 Å². The lowest BCUT2D eigenvalue weighted by atomic mass is 11.8. The number of phosphoric ester groups is 1. The van der Waals surface area contributed by atoms with E-state index in [4.69, 9.17) is 11.9 Å². The van der Waals surface area contributed by atoms with Gasteiger partial charge in [-0.3, -0.25) is 9.05 Å². The maximum Gasteiger partial charge on any atom is 0.492 e. The van der Waals surface area contributed by atoms with Gasteiger partial charge in [0.15, 0.2) is 0 Å². The summed E-state index contributed by atoms with van der Waals surface area (Å²) in [7, 11) is -3.53. The largest absolute Gasteiger partial charge is 0.492 e. The summed E-state index contributed by atoms with van der Waals surface area (Å²) in [5, 5.41) is 0. The quantitative estimate of drug-likeness (QED) is 0.577. The highest BCUT2D eigenvalue weighted by Crippen LogP contribution is 2.51. The zero-order valence-corrected chi connectivity index (χ0v) is 9.45. The molecule has 0 saturated heterocycles. The average Bonchev–Trinajstić information content (AvgIpc) is 1.89. The summed E-state index contributed by atoms with van der Waals surface area (Å²) < 4.78 is 23.8. The molecule has 0 N–H and O–H groups in total. The Morgan fingerprint density at radius 2 is 1.70 bits per heavy atom. The molecular weight excluding hydrogens is 314 g/mol. The number of hydrogen-bond donors (Lipinski definition) is 0. The SMILES string of the molecule is O=P(OCl)(OCBr)OCBr. The maximum absolute atomic E-state index is 10.9. The summed E-state index contributed by atoms with van der Waals surface area (Å²) in [6, 6.07) is 0. The second-order valence-electron chi connectivity index (χ2n) is 0.993. The Bertz CT molecular complexity index is 122. The van der Waals surface area contributed by atoms with Crippen LogP contribution in [0.4, 0.5) is 0 Å². The normalized spacial score (nSPS) is 11.9. The van der Waals surface area contributed by atoms with Gasteiger partial charge >= 0.3 is 7.82 Å². The van der Waals surface area contributed by atoms with Crippen molar-refractivity contribution in [2.24, 2.45) is 0 Å². The Balaban J connectivity index is 3.83. The Kier molecular flexibility index (Phi) is 6.75. The summed E-state index contributed by atoms with van der Waals surface area (Å²) in [4.78, 5) is 0. The second-order valence-corrected chi connectivity index (χ2v) is 3.87. The molecule has 0 radical (unpaired) electrons. The second kappa shape index (κ2) is 5.94. The minimum atomic E-state index is -3.53. The first kappa shape index (κ1) is 11.4. The molecule has 0 aromatic carbocycles. The van der Waals surface area contributed by atoms with Crippen molar-refractivity contribution in [3.8, 4) is 0 Å². The Morgan fingerprint density at radius 1 is 1.30 bits per heavy atom. The lowest BCUT2D eigenvalue weighted by Gasteiger charge is -2.09. The Labute approximate surface area is 80.2 Å². The molecule has 0 fully saturated rings. The number of halogens is 3. The fraction of sp³-hybridized carbons (Fsp3) is 1.00. The third-order valence-corrected chi connectivity index (χ3v) is 3.23. The van der Waals surface area contributed by atoms with E-state index in [0.717, 1.165) is 0 Å². The van der Waals surface area contributed by atoms with E-state index < -0.39 is 7.82 Å². The average molecular weight is 318 g/mol. The van der Waals surface area contributed by atoms with Crippen LogP contribution in [-0.2, 0) is 17.7 Å². The van der Waals surface area contributed by atoms with E-state index in [1.54, 1.807) is 0 Å². The van der Waals surface area contributed by atoms with Gasteiger partial charge in [0.1, 0.15) is 11.0 Å². The van der Waals surface area contributed by atoms with Crippen LogP contribution < -0.4 is 0 Å². The molecule has 0 saturated carbocycles. The van der Waals surface area contributed by atoms with E-state index in [2.05, 4.69) is 45.0 Å². The van der Waals surface area contributed by atoms with Gasteiger partial charge in [-0.15, -0.1) is 0 Å². The molecule has 0 aliphatic rings. The van der Waals surface area contributed by atoms with Crippen LogP contribution in [0.15, 0.2) is 0 Å². The standard InChI is InChI=1S/C2H4Br2ClO4P/c3-1-7-10(6,9-5)8-2-4/h1-2H2. The Hall–Kier alpha value is 1.36. The van der Waals surface area contributed by atoms with E-state index in [0.29, 0.717) is 0 Å². The third-order valence-electron chi connectivity index (χ3n) is 0.498. The van der Waals surface area contributed by atoms with Gasteiger partial charge in [0.05, 0.1) is 11.9 Å². The van der Waals surface area contributed by atoms with Gasteiger partial charge in [-0.05, 0) is 0 Å². The van der Waals surface area contributed by atoms with E-state index in [9.17, 15) is 4.57 Å². The first-order valence-corrected chi connectivity index (χ1v) is 6.01. The fourth-order valence-corrected chi connectivity index (χ4v) is 2.33. The van der Waals surface area contributed by atoms with Crippen LogP contribution in [0.5, 0.6) is 0 Å². The number of rotatable bonds is 5. The van der Waals surface area contributed by atoms with Crippen LogP contribution >= 0.6 is 51.5 Å². The molecule has 0 rings (SSSR count). The van der Waals surface area contributed by atoms with Crippen LogP contribution in [0, 0.1) is 0 Å². The molecular formula is C2H4Br2ClO4P. The highest BCUT2D eigenvalue weighted by molar-refractivity contribution is 9.09. The predicted octanol–water partition coefficient (Wildman–Crippen LogP) is 3.00. The van der Waals surface area contributed by atoms with Crippen LogP contribution in [0.25, 0.3) is 0 Å². The topological polar surface area (TPSA) is 44.8 Å². The minimum absolute atomic E-state index is 0.0317. The predicted molar refractivity (Wildman–Crippen MR) is 44.3 cm³/mol. The summed E-state index contributed by atoms with van der Waals surface area (Å²) in [5.41, 5.74) is 0.0635. The van der Waals surface area contributed by atoms with Gasteiger partial charge in [-0.2, -0.15) is 4.08 Å². The zero-order chi connectivity index (χ0) is 8.04. The lowest BCUT2D eigenvalue weighted by molar-refractivity contribution is 0.206. The van der Waals surface area contributed by atoms with Crippen molar-refractivity contribution in [2.75, 3.05) is 11.0 Å². The monoisotopic (exact) mass is 316 g/mol. The number of phosphoric acid groups is 1. The van der Waals surface area contributed by atoms with Crippen LogP contribution in [0.2, 0.25) is 0 Å². The van der Waals surface area contributed by atoms with Crippen molar-refractivity contribution < 1.29 is 17.7 Å². The number of hydrogen-bond acceptors (Lipinski definition) is 4. The smallest absolute Gasteiger partial charge is 0.274 e. The summed E-state index contributed by atoms with van der Waals surface area (Å²) >= 11 is 10.5. The van der Waals surface area contributed by atoms with Gasteiger partial charge in [-0.25, -0.2) is 4.57 Å². The highest BCUT2D eigenvalue weighted by atomic mass is 79.9. The molecule has 0 spiro atoms. The summed E-state index contributed by atoms with van der Waals surface area (Å²) in [6.07, 6.45) is 0. The van der Waals surface area contributed by atoms with Crippen molar-refractivity contribution in [1.82, 2.24) is 0 Å². The third kappa shape index (κ3) is 4.28.